The van der Waals surface area contributed by atoms with Crippen molar-refractivity contribution < 1.29 is 37.4 Å². The van der Waals surface area contributed by atoms with Gasteiger partial charge in [-0.25, -0.2) is 0 Å². The Kier molecular flexibility index (Phi) is 59.3. The van der Waals surface area contributed by atoms with E-state index in [1.54, 1.807) is 0 Å². The molecule has 0 fully saturated rings. The van der Waals surface area contributed by atoms with Gasteiger partial charge in [0.25, 0.3) is 0 Å². The first-order valence-corrected chi connectivity index (χ1v) is 2.19. The first-order valence-electron chi connectivity index (χ1n) is 2.19. The number of nitrogens with zero attached hydrogens (tertiary/aromatic N) is 4. The van der Waals surface area contributed by atoms with E-state index in [2.05, 4.69) is 0 Å². The van der Waals surface area contributed by atoms with Crippen LogP contribution in [0.25, 0.3) is 0 Å². The van der Waals surface area contributed by atoms with E-state index in [0.29, 0.717) is 0 Å². The zero-order chi connectivity index (χ0) is 14.3. The van der Waals surface area contributed by atoms with Gasteiger partial charge in [-0.1, -0.05) is 0 Å². The van der Waals surface area contributed by atoms with E-state index in [1.807, 2.05) is 0 Å². The summed E-state index contributed by atoms with van der Waals surface area (Å²) in [7, 11) is 0. The second kappa shape index (κ2) is 29.7. The maximum absolute atomic E-state index is 8.25. The van der Waals surface area contributed by atoms with Crippen molar-refractivity contribution in [1.82, 2.24) is 0 Å². The molecule has 1 radical (unpaired) electrons. The largest absolute Gasteiger partial charge is 2.00 e. The van der Waals surface area contributed by atoms with Crippen molar-refractivity contribution in [3.63, 3.8) is 0 Å². The van der Waals surface area contributed by atoms with Gasteiger partial charge in [-0.05, 0) is 0 Å². The summed E-state index contributed by atoms with van der Waals surface area (Å²) in [6.45, 7) is 0. The van der Waals surface area contributed by atoms with Gasteiger partial charge in [-0.15, -0.1) is 0 Å². The summed E-state index contributed by atoms with van der Waals surface area (Å²) in [6, 6.07) is 0. The number of rotatable bonds is 0. The Morgan fingerprint density at radius 2 is 0.444 bits per heavy atom. The molecule has 0 N–H and O–H groups in total. The monoisotopic (exact) mass is 391 g/mol. The van der Waals surface area contributed by atoms with E-state index < -0.39 is 20.3 Å². The molecule has 0 rings (SSSR count). The molecular formula is MnN4O12Sr. The molecule has 0 bridgehead atoms. The zero-order valence-electron chi connectivity index (χ0n) is 7.77. The third kappa shape index (κ3) is 1960. The maximum atomic E-state index is 8.25. The van der Waals surface area contributed by atoms with Crippen molar-refractivity contribution in [3.8, 4) is 0 Å². The Labute approximate surface area is 143 Å². The van der Waals surface area contributed by atoms with Crippen LogP contribution in [0.5, 0.6) is 0 Å². The first-order chi connectivity index (χ1) is 6.93. The number of hydrogen-bond acceptors (Lipinski definition) is 12. The molecule has 101 valence electrons. The van der Waals surface area contributed by atoms with Crippen LogP contribution in [-0.2, 0) is 17.1 Å². The number of hydrogen-bond donors (Lipinski definition) is 0. The Bertz CT molecular complexity index is 164. The van der Waals surface area contributed by atoms with Crippen LogP contribution in [0.3, 0.4) is 0 Å². The van der Waals surface area contributed by atoms with Crippen molar-refractivity contribution in [2.75, 3.05) is 0 Å². The molecule has 0 atom stereocenters. The molecule has 18 heteroatoms. The quantitative estimate of drug-likeness (QED) is 0.264. The van der Waals surface area contributed by atoms with Crippen LogP contribution in [0.4, 0.5) is 0 Å². The molecule has 0 saturated carbocycles. The summed E-state index contributed by atoms with van der Waals surface area (Å²) in [5.74, 6) is 0. The minimum atomic E-state index is -1.75. The van der Waals surface area contributed by atoms with E-state index in [9.17, 15) is 0 Å². The molecule has 0 amide bonds. The van der Waals surface area contributed by atoms with Crippen LogP contribution >= 0.6 is 0 Å². The van der Waals surface area contributed by atoms with E-state index >= 15 is 0 Å². The molecular weight excluding hydrogens is 391 g/mol. The molecule has 16 nitrogen and oxygen atoms in total. The fourth-order valence-corrected chi connectivity index (χ4v) is 0. The summed E-state index contributed by atoms with van der Waals surface area (Å²) in [5.41, 5.74) is 0. The van der Waals surface area contributed by atoms with E-state index in [0.717, 1.165) is 0 Å². The van der Waals surface area contributed by atoms with Gasteiger partial charge in [0.2, 0.25) is 0 Å². The van der Waals surface area contributed by atoms with Gasteiger partial charge in [0.05, 0.1) is 20.3 Å². The predicted octanol–water partition coefficient (Wildman–Crippen LogP) is -1.34. The summed E-state index contributed by atoms with van der Waals surface area (Å²) >= 11 is 0. The van der Waals surface area contributed by atoms with Gasteiger partial charge in [-0.2, -0.15) is 0 Å². The van der Waals surface area contributed by atoms with Crippen LogP contribution < -0.4 is 0 Å². The summed E-state index contributed by atoms with van der Waals surface area (Å²) in [5, 5.41) is 59.0. The van der Waals surface area contributed by atoms with Gasteiger partial charge in [0.1, 0.15) is 0 Å². The van der Waals surface area contributed by atoms with E-state index in [4.69, 9.17) is 61.3 Å². The third-order valence-electron chi connectivity index (χ3n) is 0. The first kappa shape index (κ1) is 36.0. The summed E-state index contributed by atoms with van der Waals surface area (Å²) in [4.78, 5) is 33.0. The van der Waals surface area contributed by atoms with Gasteiger partial charge >= 0.3 is 62.6 Å². The van der Waals surface area contributed by atoms with Crippen LogP contribution in [0, 0.1) is 61.3 Å². The average molecular weight is 391 g/mol. The zero-order valence-corrected chi connectivity index (χ0v) is 12.4. The Balaban J connectivity index is -0.0000000257. The molecule has 0 heterocycles. The fraction of sp³-hybridized carbons (Fsp3) is 0. The van der Waals surface area contributed by atoms with Crippen molar-refractivity contribution in [1.29, 1.82) is 0 Å². The van der Waals surface area contributed by atoms with Crippen molar-refractivity contribution in [2.24, 2.45) is 0 Å². The molecule has 0 unspecified atom stereocenters. The normalized spacial score (nSPS) is 5.33. The van der Waals surface area contributed by atoms with E-state index in [-0.39, 0.29) is 62.6 Å². The van der Waals surface area contributed by atoms with Crippen molar-refractivity contribution in [2.45, 2.75) is 0 Å². The standard InChI is InChI=1S/Mn.4NO3.Sr/c;4*2-1(3)4;/q+2;4*-1;+2. The summed E-state index contributed by atoms with van der Waals surface area (Å²) < 4.78 is 0. The van der Waals surface area contributed by atoms with E-state index in [1.165, 1.54) is 0 Å². The van der Waals surface area contributed by atoms with Crippen LogP contribution in [0.2, 0.25) is 0 Å². The molecule has 0 aromatic carbocycles. The molecule has 18 heavy (non-hydrogen) atoms. The minimum Gasteiger partial charge on any atom is -0.356 e. The maximum Gasteiger partial charge on any atom is 2.00 e. The minimum absolute atomic E-state index is 0. The van der Waals surface area contributed by atoms with Crippen molar-refractivity contribution >= 4 is 45.5 Å². The van der Waals surface area contributed by atoms with Gasteiger partial charge < -0.3 is 61.3 Å². The Morgan fingerprint density at radius 3 is 0.444 bits per heavy atom. The molecule has 0 aliphatic carbocycles. The molecule has 0 aromatic rings. The fourth-order valence-electron chi connectivity index (χ4n) is 0. The Morgan fingerprint density at radius 1 is 0.444 bits per heavy atom. The van der Waals surface area contributed by atoms with Crippen LogP contribution in [0.15, 0.2) is 0 Å². The van der Waals surface area contributed by atoms with Crippen LogP contribution in [0.1, 0.15) is 0 Å². The topological polar surface area (TPSA) is 265 Å². The Hall–Kier alpha value is -1.20. The SMILES string of the molecule is O=[N+]([O-])[O-].O=[N+]([O-])[O-].O=[N+]([O-])[O-].O=[N+]([O-])[O-].[Mn+2].[Sr+2]. The molecule has 0 aromatic heterocycles. The smallest absolute Gasteiger partial charge is 0.356 e. The second-order valence-corrected chi connectivity index (χ2v) is 0.894. The van der Waals surface area contributed by atoms with Gasteiger partial charge in [0, 0.05) is 0 Å². The second-order valence-electron chi connectivity index (χ2n) is 0.894. The molecule has 0 saturated heterocycles. The third-order valence-corrected chi connectivity index (χ3v) is 0. The molecule has 0 aliphatic rings. The average Bonchev–Trinajstić information content (AvgIpc) is 1.76. The van der Waals surface area contributed by atoms with Gasteiger partial charge in [0.15, 0.2) is 0 Å². The molecule has 0 spiro atoms. The van der Waals surface area contributed by atoms with Crippen molar-refractivity contribution in [3.05, 3.63) is 61.3 Å². The summed E-state index contributed by atoms with van der Waals surface area (Å²) in [6.07, 6.45) is 0. The van der Waals surface area contributed by atoms with Gasteiger partial charge in [-0.3, -0.25) is 0 Å². The van der Waals surface area contributed by atoms with Crippen LogP contribution in [-0.4, -0.2) is 65.8 Å². The molecule has 0 aliphatic heterocycles. The predicted molar refractivity (Wildman–Crippen MR) is 47.2 cm³/mol.